The van der Waals surface area contributed by atoms with E-state index in [0.717, 1.165) is 26.5 Å². The fourth-order valence-corrected chi connectivity index (χ4v) is 3.28. The van der Waals surface area contributed by atoms with Crippen LogP contribution in [0.15, 0.2) is 33.6 Å². The van der Waals surface area contributed by atoms with E-state index < -0.39 is 4.92 Å². The van der Waals surface area contributed by atoms with Gasteiger partial charge in [0.15, 0.2) is 0 Å². The third-order valence-corrected chi connectivity index (χ3v) is 4.74. The van der Waals surface area contributed by atoms with Crippen LogP contribution in [0.4, 0.5) is 5.69 Å². The first-order valence-corrected chi connectivity index (χ1v) is 7.32. The number of non-ortho nitro benzene ring substituents is 1. The van der Waals surface area contributed by atoms with Crippen LogP contribution in [0.3, 0.4) is 0 Å². The summed E-state index contributed by atoms with van der Waals surface area (Å²) in [7, 11) is 1.91. The maximum atomic E-state index is 10.6. The van der Waals surface area contributed by atoms with Crippen molar-refractivity contribution in [3.63, 3.8) is 0 Å². The number of rotatable bonds is 4. The number of aromatic nitrogens is 2. The number of nitrogens with zero attached hydrogens (tertiary/aromatic N) is 3. The molecule has 0 spiro atoms. The largest absolute Gasteiger partial charge is 0.270 e. The van der Waals surface area contributed by atoms with Crippen molar-refractivity contribution in [2.24, 2.45) is 7.05 Å². The number of hydrogen-bond acceptors (Lipinski definition) is 4. The van der Waals surface area contributed by atoms with Crippen molar-refractivity contribution in [3.05, 3.63) is 50.2 Å². The Labute approximate surface area is 123 Å². The topological polar surface area (TPSA) is 61.0 Å². The molecule has 0 atom stereocenters. The minimum Gasteiger partial charge on any atom is -0.270 e. The first-order chi connectivity index (χ1) is 8.99. The van der Waals surface area contributed by atoms with E-state index in [2.05, 4.69) is 21.0 Å². The molecule has 7 heteroatoms. The maximum Gasteiger partial charge on any atom is 0.269 e. The molecule has 0 fully saturated rings. The smallest absolute Gasteiger partial charge is 0.269 e. The van der Waals surface area contributed by atoms with Crippen LogP contribution in [0.25, 0.3) is 0 Å². The summed E-state index contributed by atoms with van der Waals surface area (Å²) in [6.45, 7) is 1.95. The summed E-state index contributed by atoms with van der Waals surface area (Å²) in [4.78, 5) is 11.2. The van der Waals surface area contributed by atoms with Crippen LogP contribution in [-0.2, 0) is 12.8 Å². The minimum atomic E-state index is -0.393. The molecule has 0 unspecified atom stereocenters. The summed E-state index contributed by atoms with van der Waals surface area (Å²) in [5, 5.41) is 14.9. The number of aryl methyl sites for hydroxylation is 2. The molecule has 2 rings (SSSR count). The van der Waals surface area contributed by atoms with E-state index in [-0.39, 0.29) is 5.69 Å². The molecule has 100 valence electrons. The van der Waals surface area contributed by atoms with E-state index >= 15 is 0 Å². The average molecular weight is 342 g/mol. The lowest BCUT2D eigenvalue weighted by atomic mass is 10.3. The Kier molecular flexibility index (Phi) is 4.26. The molecule has 0 N–H and O–H groups in total. The van der Waals surface area contributed by atoms with Gasteiger partial charge in [0.1, 0.15) is 0 Å². The molecule has 19 heavy (non-hydrogen) atoms. The van der Waals surface area contributed by atoms with E-state index in [1.165, 1.54) is 12.1 Å². The number of nitro benzene ring substituents is 1. The highest BCUT2D eigenvalue weighted by Crippen LogP contribution is 2.29. The van der Waals surface area contributed by atoms with E-state index in [4.69, 9.17) is 0 Å². The van der Waals surface area contributed by atoms with E-state index in [1.807, 2.05) is 18.7 Å². The molecule has 1 aromatic carbocycles. The predicted octanol–water partition coefficient (Wildman–Crippen LogP) is 3.69. The van der Waals surface area contributed by atoms with Gasteiger partial charge in [0, 0.05) is 29.8 Å². The number of hydrogen-bond donors (Lipinski definition) is 0. The van der Waals surface area contributed by atoms with Gasteiger partial charge in [0.25, 0.3) is 5.69 Å². The van der Waals surface area contributed by atoms with Crippen LogP contribution in [0.1, 0.15) is 11.4 Å². The molecule has 1 heterocycles. The Balaban J connectivity index is 2.08. The second kappa shape index (κ2) is 5.75. The van der Waals surface area contributed by atoms with Crippen molar-refractivity contribution < 1.29 is 4.92 Å². The number of benzene rings is 1. The van der Waals surface area contributed by atoms with Crippen molar-refractivity contribution in [1.29, 1.82) is 0 Å². The highest BCUT2D eigenvalue weighted by atomic mass is 79.9. The van der Waals surface area contributed by atoms with Gasteiger partial charge in [-0.3, -0.25) is 14.8 Å². The van der Waals surface area contributed by atoms with Gasteiger partial charge in [0.2, 0.25) is 0 Å². The Hall–Kier alpha value is -1.34. The highest BCUT2D eigenvalue weighted by Gasteiger charge is 2.11. The van der Waals surface area contributed by atoms with Crippen LogP contribution in [0.5, 0.6) is 0 Å². The lowest BCUT2D eigenvalue weighted by molar-refractivity contribution is -0.384. The van der Waals surface area contributed by atoms with Crippen LogP contribution >= 0.6 is 27.7 Å². The predicted molar refractivity (Wildman–Crippen MR) is 78.3 cm³/mol. The number of thioether (sulfide) groups is 1. The summed E-state index contributed by atoms with van der Waals surface area (Å²) in [5.74, 6) is 0.760. The quantitative estimate of drug-likeness (QED) is 0.483. The fraction of sp³-hybridized carbons (Fsp3) is 0.250. The molecule has 0 aliphatic rings. The van der Waals surface area contributed by atoms with Crippen molar-refractivity contribution in [2.75, 3.05) is 0 Å². The van der Waals surface area contributed by atoms with E-state index in [9.17, 15) is 10.1 Å². The van der Waals surface area contributed by atoms with Gasteiger partial charge < -0.3 is 0 Å². The second-order valence-electron chi connectivity index (χ2n) is 4.01. The monoisotopic (exact) mass is 341 g/mol. The summed E-state index contributed by atoms with van der Waals surface area (Å²) < 4.78 is 2.86. The molecule has 0 saturated carbocycles. The normalized spacial score (nSPS) is 10.7. The number of nitro groups is 1. The van der Waals surface area contributed by atoms with Crippen molar-refractivity contribution in [3.8, 4) is 0 Å². The van der Waals surface area contributed by atoms with Crippen molar-refractivity contribution in [1.82, 2.24) is 9.78 Å². The second-order valence-corrected chi connectivity index (χ2v) is 5.85. The third-order valence-electron chi connectivity index (χ3n) is 2.68. The van der Waals surface area contributed by atoms with Gasteiger partial charge in [-0.05, 0) is 35.0 Å². The summed E-state index contributed by atoms with van der Waals surface area (Å²) in [5.41, 5.74) is 2.17. The first-order valence-electron chi connectivity index (χ1n) is 5.54. The summed E-state index contributed by atoms with van der Waals surface area (Å²) in [6.07, 6.45) is 0. The van der Waals surface area contributed by atoms with Gasteiger partial charge in [-0.2, -0.15) is 5.10 Å². The molecule has 5 nitrogen and oxygen atoms in total. The number of halogens is 1. The zero-order valence-corrected chi connectivity index (χ0v) is 12.9. The lowest BCUT2D eigenvalue weighted by Gasteiger charge is -2.03. The SMILES string of the molecule is Cc1nn(C)c(CSc2ccc([N+](=O)[O-])cc2)c1Br. The van der Waals surface area contributed by atoms with Crippen LogP contribution in [0, 0.1) is 17.0 Å². The molecule has 0 saturated heterocycles. The molecule has 0 bridgehead atoms. The van der Waals surface area contributed by atoms with Crippen molar-refractivity contribution in [2.45, 2.75) is 17.6 Å². The minimum absolute atomic E-state index is 0.113. The van der Waals surface area contributed by atoms with Gasteiger partial charge in [-0.25, -0.2) is 0 Å². The molecule has 0 aliphatic heterocycles. The first kappa shape index (κ1) is 14.1. The van der Waals surface area contributed by atoms with Crippen molar-refractivity contribution >= 4 is 33.4 Å². The van der Waals surface area contributed by atoms with Gasteiger partial charge in [-0.1, -0.05) is 0 Å². The molecule has 2 aromatic rings. The standard InChI is InChI=1S/C12H12BrN3O2S/c1-8-12(13)11(15(2)14-8)7-19-10-5-3-9(4-6-10)16(17)18/h3-6H,7H2,1-2H3. The molecule has 0 amide bonds. The summed E-state index contributed by atoms with van der Waals surface area (Å²) in [6, 6.07) is 6.57. The molecular weight excluding hydrogens is 330 g/mol. The Bertz CT molecular complexity index is 610. The zero-order valence-electron chi connectivity index (χ0n) is 10.5. The highest BCUT2D eigenvalue weighted by molar-refractivity contribution is 9.10. The lowest BCUT2D eigenvalue weighted by Crippen LogP contribution is -1.96. The maximum absolute atomic E-state index is 10.6. The van der Waals surface area contributed by atoms with E-state index in [0.29, 0.717) is 0 Å². The van der Waals surface area contributed by atoms with Crippen LogP contribution < -0.4 is 0 Å². The van der Waals surface area contributed by atoms with Crippen LogP contribution in [0.2, 0.25) is 0 Å². The Morgan fingerprint density at radius 2 is 2.05 bits per heavy atom. The van der Waals surface area contributed by atoms with Crippen LogP contribution in [-0.4, -0.2) is 14.7 Å². The third kappa shape index (κ3) is 3.16. The Morgan fingerprint density at radius 1 is 1.42 bits per heavy atom. The molecular formula is C12H12BrN3O2S. The summed E-state index contributed by atoms with van der Waals surface area (Å²) >= 11 is 5.14. The molecule has 1 aromatic heterocycles. The Morgan fingerprint density at radius 3 is 2.53 bits per heavy atom. The van der Waals surface area contributed by atoms with Gasteiger partial charge >= 0.3 is 0 Å². The van der Waals surface area contributed by atoms with E-state index in [1.54, 1.807) is 23.9 Å². The molecule has 0 aliphatic carbocycles. The zero-order chi connectivity index (χ0) is 14.0. The average Bonchev–Trinajstić information content (AvgIpc) is 2.62. The van der Waals surface area contributed by atoms with Gasteiger partial charge in [-0.15, -0.1) is 11.8 Å². The molecule has 0 radical (unpaired) electrons. The fourth-order valence-electron chi connectivity index (χ4n) is 1.65. The van der Waals surface area contributed by atoms with Gasteiger partial charge in [0.05, 0.1) is 20.8 Å².